The van der Waals surface area contributed by atoms with Crippen LogP contribution in [0.1, 0.15) is 46.8 Å². The second-order valence-corrected chi connectivity index (χ2v) is 7.10. The van der Waals surface area contributed by atoms with E-state index in [4.69, 9.17) is 18.6 Å². The van der Waals surface area contributed by atoms with Crippen molar-refractivity contribution in [3.63, 3.8) is 0 Å². The second-order valence-electron chi connectivity index (χ2n) is 7.10. The van der Waals surface area contributed by atoms with Gasteiger partial charge in [-0.15, -0.1) is 0 Å². The summed E-state index contributed by atoms with van der Waals surface area (Å²) in [6.45, 7) is 6.14. The molecular weight excluding hydrogens is 372 g/mol. The molecule has 3 aromatic rings. The largest absolute Gasteiger partial charge is 0.493 e. The number of fused-ring (bicyclic) bond motifs is 1. The minimum absolute atomic E-state index is 0.0458. The molecule has 0 amide bonds. The smallest absolute Gasteiger partial charge is 0.338 e. The van der Waals surface area contributed by atoms with Crippen molar-refractivity contribution in [1.29, 1.82) is 0 Å². The van der Waals surface area contributed by atoms with Gasteiger partial charge in [0.05, 0.1) is 19.8 Å². The maximum absolute atomic E-state index is 12.5. The van der Waals surface area contributed by atoms with Gasteiger partial charge in [0.15, 0.2) is 11.5 Å². The lowest BCUT2D eigenvalue weighted by molar-refractivity contribution is 0.0473. The van der Waals surface area contributed by atoms with E-state index in [1.165, 1.54) is 20.3 Å². The first-order valence-electron chi connectivity index (χ1n) is 9.30. The maximum atomic E-state index is 12.5. The Labute approximate surface area is 169 Å². The Morgan fingerprint density at radius 1 is 1.03 bits per heavy atom. The summed E-state index contributed by atoms with van der Waals surface area (Å²) in [5.41, 5.74) is 3.14. The normalized spacial score (nSPS) is 11.0. The molecule has 0 radical (unpaired) electrons. The van der Waals surface area contributed by atoms with Crippen LogP contribution in [0.15, 0.2) is 45.6 Å². The first-order valence-corrected chi connectivity index (χ1v) is 9.30. The first kappa shape index (κ1) is 20.5. The molecule has 0 bridgehead atoms. The second kappa shape index (κ2) is 8.39. The molecule has 152 valence electrons. The van der Waals surface area contributed by atoms with Crippen molar-refractivity contribution < 1.29 is 23.4 Å². The third kappa shape index (κ3) is 4.26. The van der Waals surface area contributed by atoms with E-state index < -0.39 is 11.6 Å². The van der Waals surface area contributed by atoms with Crippen LogP contribution in [-0.4, -0.2) is 20.2 Å². The first-order chi connectivity index (χ1) is 13.8. The van der Waals surface area contributed by atoms with Gasteiger partial charge in [0.25, 0.3) is 0 Å². The van der Waals surface area contributed by atoms with Crippen molar-refractivity contribution in [3.05, 3.63) is 69.1 Å². The van der Waals surface area contributed by atoms with Crippen LogP contribution < -0.4 is 15.1 Å². The lowest BCUT2D eigenvalue weighted by Gasteiger charge is -2.13. The third-order valence-corrected chi connectivity index (χ3v) is 4.82. The molecule has 29 heavy (non-hydrogen) atoms. The van der Waals surface area contributed by atoms with Gasteiger partial charge < -0.3 is 18.6 Å². The van der Waals surface area contributed by atoms with Crippen molar-refractivity contribution in [2.24, 2.45) is 0 Å². The highest BCUT2D eigenvalue weighted by Crippen LogP contribution is 2.29. The molecule has 0 saturated carbocycles. The van der Waals surface area contributed by atoms with Gasteiger partial charge in [0.2, 0.25) is 0 Å². The van der Waals surface area contributed by atoms with E-state index in [2.05, 4.69) is 13.8 Å². The van der Waals surface area contributed by atoms with Gasteiger partial charge in [-0.1, -0.05) is 13.8 Å². The number of methoxy groups -OCH3 is 2. The number of ether oxygens (including phenoxy) is 3. The Balaban J connectivity index is 1.91. The Kier molecular flexibility index (Phi) is 5.92. The van der Waals surface area contributed by atoms with Crippen LogP contribution in [-0.2, 0) is 11.3 Å². The summed E-state index contributed by atoms with van der Waals surface area (Å²) in [6.07, 6.45) is 0. The number of carbonyl (C=O) groups is 1. The summed E-state index contributed by atoms with van der Waals surface area (Å²) in [6, 6.07) is 10.0. The SMILES string of the molecule is COc1ccc(C(=O)OCc2cc(=O)oc3cc(C)c(C(C)C)cc23)cc1OC. The third-order valence-electron chi connectivity index (χ3n) is 4.82. The Hall–Kier alpha value is -3.28. The molecule has 0 N–H and O–H groups in total. The van der Waals surface area contributed by atoms with Crippen LogP contribution in [0.4, 0.5) is 0 Å². The van der Waals surface area contributed by atoms with Crippen molar-refractivity contribution >= 4 is 16.9 Å². The Morgan fingerprint density at radius 3 is 2.41 bits per heavy atom. The van der Waals surface area contributed by atoms with E-state index in [0.717, 1.165) is 16.5 Å². The van der Waals surface area contributed by atoms with Crippen LogP contribution in [0.25, 0.3) is 11.0 Å². The number of carbonyl (C=O) groups excluding carboxylic acids is 1. The summed E-state index contributed by atoms with van der Waals surface area (Å²) in [7, 11) is 3.02. The van der Waals surface area contributed by atoms with E-state index in [1.54, 1.807) is 18.2 Å². The van der Waals surface area contributed by atoms with Crippen LogP contribution >= 0.6 is 0 Å². The molecular formula is C23H24O6. The van der Waals surface area contributed by atoms with Crippen LogP contribution in [0.2, 0.25) is 0 Å². The molecule has 1 aromatic heterocycles. The zero-order valence-electron chi connectivity index (χ0n) is 17.2. The Morgan fingerprint density at radius 2 is 1.76 bits per heavy atom. The zero-order chi connectivity index (χ0) is 21.1. The predicted octanol–water partition coefficient (Wildman–Crippen LogP) is 4.60. The van der Waals surface area contributed by atoms with Gasteiger partial charge in [-0.3, -0.25) is 0 Å². The molecule has 0 fully saturated rings. The summed E-state index contributed by atoms with van der Waals surface area (Å²) >= 11 is 0. The number of hydrogen-bond donors (Lipinski definition) is 0. The van der Waals surface area contributed by atoms with Gasteiger partial charge in [-0.05, 0) is 54.3 Å². The average molecular weight is 396 g/mol. The number of esters is 1. The minimum atomic E-state index is -0.525. The van der Waals surface area contributed by atoms with Gasteiger partial charge in [-0.2, -0.15) is 0 Å². The highest BCUT2D eigenvalue weighted by atomic mass is 16.5. The lowest BCUT2D eigenvalue weighted by atomic mass is 9.95. The summed E-state index contributed by atoms with van der Waals surface area (Å²) in [5.74, 6) is 0.745. The molecule has 0 atom stereocenters. The van der Waals surface area contributed by atoms with Gasteiger partial charge >= 0.3 is 11.6 Å². The Bertz CT molecular complexity index is 1110. The van der Waals surface area contributed by atoms with E-state index >= 15 is 0 Å². The monoisotopic (exact) mass is 396 g/mol. The fraction of sp³-hybridized carbons (Fsp3) is 0.304. The highest BCUT2D eigenvalue weighted by Gasteiger charge is 2.15. The molecule has 1 heterocycles. The number of aryl methyl sites for hydroxylation is 1. The van der Waals surface area contributed by atoms with Crippen molar-refractivity contribution in [2.75, 3.05) is 14.2 Å². The summed E-state index contributed by atoms with van der Waals surface area (Å²) in [5, 5.41) is 0.763. The van der Waals surface area contributed by atoms with E-state index in [0.29, 0.717) is 34.1 Å². The van der Waals surface area contributed by atoms with E-state index in [9.17, 15) is 9.59 Å². The van der Waals surface area contributed by atoms with Gasteiger partial charge in [0.1, 0.15) is 12.2 Å². The van der Waals surface area contributed by atoms with Crippen molar-refractivity contribution in [2.45, 2.75) is 33.3 Å². The number of rotatable bonds is 6. The lowest BCUT2D eigenvalue weighted by Crippen LogP contribution is -2.09. The van der Waals surface area contributed by atoms with E-state index in [-0.39, 0.29) is 6.61 Å². The van der Waals surface area contributed by atoms with Gasteiger partial charge in [-0.25, -0.2) is 9.59 Å². The molecule has 0 saturated heterocycles. The molecule has 6 nitrogen and oxygen atoms in total. The zero-order valence-corrected chi connectivity index (χ0v) is 17.2. The van der Waals surface area contributed by atoms with Crippen molar-refractivity contribution in [1.82, 2.24) is 0 Å². The standard InChI is InChI=1S/C23H24O6/c1-13(2)17-11-18-16(10-22(24)29-20(18)8-14(17)3)12-28-23(25)15-6-7-19(26-4)21(9-15)27-5/h6-11,13H,12H2,1-5H3. The molecule has 0 spiro atoms. The molecule has 6 heteroatoms. The molecule has 0 aliphatic heterocycles. The van der Waals surface area contributed by atoms with Crippen LogP contribution in [0, 0.1) is 6.92 Å². The van der Waals surface area contributed by atoms with Gasteiger partial charge in [0, 0.05) is 17.0 Å². The molecule has 0 unspecified atom stereocenters. The molecule has 0 aliphatic rings. The fourth-order valence-corrected chi connectivity index (χ4v) is 3.32. The minimum Gasteiger partial charge on any atom is -0.493 e. The topological polar surface area (TPSA) is 75.0 Å². The maximum Gasteiger partial charge on any atom is 0.338 e. The average Bonchev–Trinajstić information content (AvgIpc) is 2.70. The quantitative estimate of drug-likeness (QED) is 0.448. The van der Waals surface area contributed by atoms with Crippen molar-refractivity contribution in [3.8, 4) is 11.5 Å². The van der Waals surface area contributed by atoms with E-state index in [1.807, 2.05) is 19.1 Å². The number of hydrogen-bond acceptors (Lipinski definition) is 6. The number of benzene rings is 2. The fourth-order valence-electron chi connectivity index (χ4n) is 3.32. The highest BCUT2D eigenvalue weighted by molar-refractivity contribution is 5.90. The van der Waals surface area contributed by atoms with Crippen LogP contribution in [0.3, 0.4) is 0 Å². The predicted molar refractivity (Wildman–Crippen MR) is 110 cm³/mol. The summed E-state index contributed by atoms with van der Waals surface area (Å²) in [4.78, 5) is 24.5. The molecule has 3 rings (SSSR count). The summed E-state index contributed by atoms with van der Waals surface area (Å²) < 4.78 is 21.2. The molecule has 0 aliphatic carbocycles. The molecule has 2 aromatic carbocycles. The van der Waals surface area contributed by atoms with Crippen LogP contribution in [0.5, 0.6) is 11.5 Å².